The van der Waals surface area contributed by atoms with Crippen LogP contribution in [0, 0.1) is 13.8 Å². The first-order chi connectivity index (χ1) is 12.1. The Labute approximate surface area is 155 Å². The number of fused-ring (bicyclic) bond motifs is 1. The molecule has 1 aromatic carbocycles. The minimum Gasteiger partial charge on any atom is -0.380 e. The second-order valence-corrected chi connectivity index (χ2v) is 7.94. The summed E-state index contributed by atoms with van der Waals surface area (Å²) in [4.78, 5) is 18.6. The predicted octanol–water partition coefficient (Wildman–Crippen LogP) is 4.09. The van der Waals surface area contributed by atoms with Gasteiger partial charge in [0.1, 0.15) is 0 Å². The molecule has 2 aromatic heterocycles. The first-order valence-electron chi connectivity index (χ1n) is 8.36. The topological polar surface area (TPSA) is 43.6 Å². The number of thiazole rings is 1. The lowest BCUT2D eigenvalue weighted by atomic mass is 10.1. The zero-order chi connectivity index (χ0) is 17.8. The number of thiophene rings is 1. The van der Waals surface area contributed by atoms with Crippen LogP contribution in [0.1, 0.15) is 22.9 Å². The highest BCUT2D eigenvalue weighted by atomic mass is 32.1. The Balaban J connectivity index is 2.00. The van der Waals surface area contributed by atoms with Crippen LogP contribution in [0.3, 0.4) is 0 Å². The van der Waals surface area contributed by atoms with Crippen LogP contribution >= 0.6 is 22.7 Å². The molecule has 0 spiro atoms. The zero-order valence-electron chi connectivity index (χ0n) is 14.7. The van der Waals surface area contributed by atoms with Gasteiger partial charge in [-0.05, 0) is 55.5 Å². The van der Waals surface area contributed by atoms with Crippen LogP contribution in [0.4, 0.5) is 0 Å². The third-order valence-corrected chi connectivity index (χ3v) is 6.01. The van der Waals surface area contributed by atoms with Gasteiger partial charge in [-0.15, -0.1) is 11.3 Å². The number of rotatable bonds is 6. The summed E-state index contributed by atoms with van der Waals surface area (Å²) < 4.78 is 8.77. The number of amides is 1. The van der Waals surface area contributed by atoms with E-state index in [1.54, 1.807) is 22.7 Å². The van der Waals surface area contributed by atoms with Crippen molar-refractivity contribution in [3.63, 3.8) is 0 Å². The van der Waals surface area contributed by atoms with E-state index in [1.165, 1.54) is 11.1 Å². The summed E-state index contributed by atoms with van der Waals surface area (Å²) in [6.07, 6.45) is 0.357. The van der Waals surface area contributed by atoms with E-state index < -0.39 is 0 Å². The van der Waals surface area contributed by atoms with Gasteiger partial charge in [0.05, 0.1) is 23.2 Å². The Bertz CT molecular complexity index is 936. The summed E-state index contributed by atoms with van der Waals surface area (Å²) in [6, 6.07) is 8.28. The maximum absolute atomic E-state index is 12.4. The first-order valence-corrected chi connectivity index (χ1v) is 10.1. The molecule has 132 valence electrons. The van der Waals surface area contributed by atoms with E-state index in [1.807, 2.05) is 24.4 Å². The molecule has 0 N–H and O–H groups in total. The Kier molecular flexibility index (Phi) is 5.83. The second-order valence-electron chi connectivity index (χ2n) is 5.90. The van der Waals surface area contributed by atoms with Gasteiger partial charge >= 0.3 is 0 Å². The molecular weight excluding hydrogens is 352 g/mol. The van der Waals surface area contributed by atoms with Gasteiger partial charge in [0.25, 0.3) is 5.91 Å². The lowest BCUT2D eigenvalue weighted by molar-refractivity contribution is -0.117. The van der Waals surface area contributed by atoms with Crippen molar-refractivity contribution >= 4 is 38.8 Å². The van der Waals surface area contributed by atoms with Crippen LogP contribution in [0.25, 0.3) is 10.2 Å². The Hall–Kier alpha value is -1.76. The van der Waals surface area contributed by atoms with Crippen molar-refractivity contribution in [1.29, 1.82) is 0 Å². The number of ether oxygens (including phenoxy) is 1. The smallest absolute Gasteiger partial charge is 0.253 e. The molecule has 6 heteroatoms. The molecule has 25 heavy (non-hydrogen) atoms. The van der Waals surface area contributed by atoms with E-state index in [4.69, 9.17) is 4.74 Å². The van der Waals surface area contributed by atoms with Gasteiger partial charge in [0, 0.05) is 18.0 Å². The van der Waals surface area contributed by atoms with Gasteiger partial charge < -0.3 is 9.30 Å². The molecule has 0 bridgehead atoms. The van der Waals surface area contributed by atoms with Crippen LogP contribution in [0.5, 0.6) is 0 Å². The summed E-state index contributed by atoms with van der Waals surface area (Å²) in [5.74, 6) is -0.104. The number of hydrogen-bond acceptors (Lipinski definition) is 4. The standard InChI is InChI=1S/C19H22N2O2S2/c1-4-23-8-7-21-16-10-13(2)14(3)11-17(16)25-19(21)20-18(22)12-15-6-5-9-24-15/h5-6,9-11H,4,7-8,12H2,1-3H3. The van der Waals surface area contributed by atoms with Gasteiger partial charge in [-0.3, -0.25) is 4.79 Å². The van der Waals surface area contributed by atoms with Gasteiger partial charge in [-0.25, -0.2) is 0 Å². The lowest BCUT2D eigenvalue weighted by Gasteiger charge is -2.07. The molecule has 0 aliphatic rings. The molecule has 0 saturated heterocycles. The molecule has 3 rings (SSSR count). The SMILES string of the molecule is CCOCCn1c(=NC(=O)Cc2cccs2)sc2cc(C)c(C)cc21. The number of carbonyl (C=O) groups is 1. The van der Waals surface area contributed by atoms with E-state index >= 15 is 0 Å². The average molecular weight is 375 g/mol. The normalized spacial score (nSPS) is 12.2. The maximum Gasteiger partial charge on any atom is 0.253 e. The van der Waals surface area contributed by atoms with Crippen molar-refractivity contribution in [2.75, 3.05) is 13.2 Å². The number of aromatic nitrogens is 1. The Morgan fingerprint density at radius 2 is 2.08 bits per heavy atom. The van der Waals surface area contributed by atoms with Crippen molar-refractivity contribution in [2.45, 2.75) is 33.7 Å². The molecular formula is C19H22N2O2S2. The van der Waals surface area contributed by atoms with Crippen molar-refractivity contribution < 1.29 is 9.53 Å². The quantitative estimate of drug-likeness (QED) is 0.610. The molecule has 0 radical (unpaired) electrons. The average Bonchev–Trinajstić information content (AvgIpc) is 3.17. The molecule has 3 aromatic rings. The summed E-state index contributed by atoms with van der Waals surface area (Å²) in [5, 5.41) is 1.98. The third kappa shape index (κ3) is 4.26. The van der Waals surface area contributed by atoms with Crippen LogP contribution in [0.15, 0.2) is 34.6 Å². The molecule has 4 nitrogen and oxygen atoms in total. The fraction of sp³-hybridized carbons (Fsp3) is 0.368. The second kappa shape index (κ2) is 8.08. The fourth-order valence-electron chi connectivity index (χ4n) is 2.63. The number of hydrogen-bond donors (Lipinski definition) is 0. The molecule has 0 atom stereocenters. The predicted molar refractivity (Wildman–Crippen MR) is 104 cm³/mol. The lowest BCUT2D eigenvalue weighted by Crippen LogP contribution is -2.20. The largest absolute Gasteiger partial charge is 0.380 e. The molecule has 0 unspecified atom stereocenters. The first kappa shape index (κ1) is 18.0. The van der Waals surface area contributed by atoms with E-state index in [0.717, 1.165) is 19.9 Å². The van der Waals surface area contributed by atoms with Crippen LogP contribution < -0.4 is 4.80 Å². The van der Waals surface area contributed by atoms with E-state index in [-0.39, 0.29) is 5.91 Å². The highest BCUT2D eigenvalue weighted by molar-refractivity contribution is 7.16. The highest BCUT2D eigenvalue weighted by Crippen LogP contribution is 2.22. The summed E-state index contributed by atoms with van der Waals surface area (Å²) in [6.45, 7) is 8.20. The van der Waals surface area contributed by atoms with Crippen molar-refractivity contribution in [3.8, 4) is 0 Å². The van der Waals surface area contributed by atoms with E-state index in [2.05, 4.69) is 35.5 Å². The minimum atomic E-state index is -0.104. The summed E-state index contributed by atoms with van der Waals surface area (Å²) in [7, 11) is 0. The van der Waals surface area contributed by atoms with Crippen LogP contribution in [-0.2, 0) is 22.5 Å². The van der Waals surface area contributed by atoms with Crippen molar-refractivity contribution in [2.24, 2.45) is 4.99 Å². The fourth-order valence-corrected chi connectivity index (χ4v) is 4.48. The van der Waals surface area contributed by atoms with Crippen LogP contribution in [0.2, 0.25) is 0 Å². The van der Waals surface area contributed by atoms with Gasteiger partial charge in [-0.2, -0.15) is 4.99 Å². The monoisotopic (exact) mass is 374 g/mol. The molecule has 0 aliphatic carbocycles. The highest BCUT2D eigenvalue weighted by Gasteiger charge is 2.10. The Morgan fingerprint density at radius 1 is 1.28 bits per heavy atom. The van der Waals surface area contributed by atoms with E-state index in [0.29, 0.717) is 26.2 Å². The molecule has 0 saturated carbocycles. The minimum absolute atomic E-state index is 0.104. The van der Waals surface area contributed by atoms with Crippen molar-refractivity contribution in [3.05, 3.63) is 50.5 Å². The molecule has 0 aliphatic heterocycles. The molecule has 2 heterocycles. The number of aryl methyl sites for hydroxylation is 2. The van der Waals surface area contributed by atoms with Gasteiger partial charge in [-0.1, -0.05) is 17.4 Å². The third-order valence-electron chi connectivity index (χ3n) is 4.09. The number of carbonyl (C=O) groups excluding carboxylic acids is 1. The maximum atomic E-state index is 12.4. The van der Waals surface area contributed by atoms with Crippen LogP contribution in [-0.4, -0.2) is 23.7 Å². The summed E-state index contributed by atoms with van der Waals surface area (Å²) >= 11 is 3.16. The van der Waals surface area contributed by atoms with Crippen molar-refractivity contribution in [1.82, 2.24) is 4.57 Å². The van der Waals surface area contributed by atoms with Gasteiger partial charge in [0.2, 0.25) is 0 Å². The number of benzene rings is 1. The molecule has 0 fully saturated rings. The zero-order valence-corrected chi connectivity index (χ0v) is 16.4. The van der Waals surface area contributed by atoms with E-state index in [9.17, 15) is 4.79 Å². The number of nitrogens with zero attached hydrogens (tertiary/aromatic N) is 2. The Morgan fingerprint density at radius 3 is 2.80 bits per heavy atom. The van der Waals surface area contributed by atoms with Gasteiger partial charge in [0.15, 0.2) is 4.80 Å². The summed E-state index contributed by atoms with van der Waals surface area (Å²) in [5.41, 5.74) is 3.62. The molecule has 1 amide bonds.